The number of hydrogen-bond acceptors (Lipinski definition) is 3. The highest BCUT2D eigenvalue weighted by Gasteiger charge is 1.99. The molecule has 0 saturated carbocycles. The van der Waals surface area contributed by atoms with Crippen LogP contribution in [-0.2, 0) is 4.74 Å². The second-order valence-electron chi connectivity index (χ2n) is 4.45. The van der Waals surface area contributed by atoms with Gasteiger partial charge in [-0.1, -0.05) is 25.4 Å². The SMILES string of the molecule is CC(C)CCOCCNc1cc(Cl)ccc1N. The molecular formula is C13H21ClN2O. The Bertz CT molecular complexity index is 342. The van der Waals surface area contributed by atoms with E-state index in [1.54, 1.807) is 12.1 Å². The first-order valence-corrected chi connectivity index (χ1v) is 6.34. The fourth-order valence-electron chi connectivity index (χ4n) is 1.36. The number of halogens is 1. The lowest BCUT2D eigenvalue weighted by molar-refractivity contribution is 0.133. The highest BCUT2D eigenvalue weighted by Crippen LogP contribution is 2.22. The maximum absolute atomic E-state index is 5.89. The minimum atomic E-state index is 0.679. The first-order valence-electron chi connectivity index (χ1n) is 5.96. The Hall–Kier alpha value is -0.930. The van der Waals surface area contributed by atoms with Gasteiger partial charge in [-0.05, 0) is 30.5 Å². The van der Waals surface area contributed by atoms with E-state index < -0.39 is 0 Å². The molecular weight excluding hydrogens is 236 g/mol. The number of nitrogen functional groups attached to an aromatic ring is 1. The lowest BCUT2D eigenvalue weighted by Crippen LogP contribution is -2.11. The Balaban J connectivity index is 2.20. The second-order valence-corrected chi connectivity index (χ2v) is 4.89. The Morgan fingerprint density at radius 1 is 1.35 bits per heavy atom. The molecule has 0 radical (unpaired) electrons. The van der Waals surface area contributed by atoms with E-state index in [1.807, 2.05) is 6.07 Å². The number of nitrogens with one attached hydrogen (secondary N) is 1. The van der Waals surface area contributed by atoms with Crippen LogP contribution >= 0.6 is 11.6 Å². The van der Waals surface area contributed by atoms with Crippen LogP contribution in [0.2, 0.25) is 5.02 Å². The minimum absolute atomic E-state index is 0.679. The van der Waals surface area contributed by atoms with Crippen molar-refractivity contribution in [2.45, 2.75) is 20.3 Å². The van der Waals surface area contributed by atoms with Gasteiger partial charge in [0.2, 0.25) is 0 Å². The summed E-state index contributed by atoms with van der Waals surface area (Å²) in [5, 5.41) is 3.89. The molecule has 0 aromatic heterocycles. The van der Waals surface area contributed by atoms with Crippen molar-refractivity contribution >= 4 is 23.0 Å². The molecule has 0 heterocycles. The maximum atomic E-state index is 5.89. The molecule has 0 spiro atoms. The molecule has 0 atom stereocenters. The Kier molecular flexibility index (Phi) is 6.16. The molecule has 1 rings (SSSR count). The summed E-state index contributed by atoms with van der Waals surface area (Å²) >= 11 is 5.89. The Morgan fingerprint density at radius 3 is 2.82 bits per heavy atom. The van der Waals surface area contributed by atoms with Crippen LogP contribution in [0.3, 0.4) is 0 Å². The van der Waals surface area contributed by atoms with Crippen molar-refractivity contribution in [2.24, 2.45) is 5.92 Å². The predicted molar refractivity (Wildman–Crippen MR) is 74.6 cm³/mol. The standard InChI is InChI=1S/C13H21ClN2O/c1-10(2)5-7-17-8-6-16-13-9-11(14)3-4-12(13)15/h3-4,9-10,16H,5-8,15H2,1-2H3. The van der Waals surface area contributed by atoms with Crippen molar-refractivity contribution in [3.8, 4) is 0 Å². The highest BCUT2D eigenvalue weighted by molar-refractivity contribution is 6.31. The first-order chi connectivity index (χ1) is 8.09. The van der Waals surface area contributed by atoms with Gasteiger partial charge in [-0.3, -0.25) is 0 Å². The molecule has 0 aliphatic heterocycles. The molecule has 3 nitrogen and oxygen atoms in total. The normalized spacial score (nSPS) is 10.8. The van der Waals surface area contributed by atoms with E-state index in [9.17, 15) is 0 Å². The third-order valence-corrected chi connectivity index (χ3v) is 2.65. The van der Waals surface area contributed by atoms with Gasteiger partial charge < -0.3 is 15.8 Å². The Labute approximate surface area is 108 Å². The summed E-state index contributed by atoms with van der Waals surface area (Å²) < 4.78 is 5.50. The minimum Gasteiger partial charge on any atom is -0.397 e. The van der Waals surface area contributed by atoms with Gasteiger partial charge in [0.05, 0.1) is 18.0 Å². The Morgan fingerprint density at radius 2 is 2.12 bits per heavy atom. The number of anilines is 2. The molecule has 0 fully saturated rings. The van der Waals surface area contributed by atoms with Crippen molar-refractivity contribution in [1.82, 2.24) is 0 Å². The van der Waals surface area contributed by atoms with E-state index >= 15 is 0 Å². The monoisotopic (exact) mass is 256 g/mol. The third-order valence-electron chi connectivity index (χ3n) is 2.42. The molecule has 0 saturated heterocycles. The number of nitrogens with two attached hydrogens (primary N) is 1. The summed E-state index contributed by atoms with van der Waals surface area (Å²) in [5.74, 6) is 0.687. The molecule has 0 aliphatic rings. The summed E-state index contributed by atoms with van der Waals surface area (Å²) in [6, 6.07) is 5.40. The smallest absolute Gasteiger partial charge is 0.0639 e. The number of benzene rings is 1. The molecule has 3 N–H and O–H groups in total. The van der Waals surface area contributed by atoms with Gasteiger partial charge in [-0.2, -0.15) is 0 Å². The number of ether oxygens (including phenoxy) is 1. The zero-order valence-electron chi connectivity index (χ0n) is 10.5. The summed E-state index contributed by atoms with van der Waals surface area (Å²) in [4.78, 5) is 0. The van der Waals surface area contributed by atoms with Crippen LogP contribution < -0.4 is 11.1 Å². The summed E-state index contributed by atoms with van der Waals surface area (Å²) in [5.41, 5.74) is 7.38. The number of rotatable bonds is 7. The van der Waals surface area contributed by atoms with E-state index in [0.717, 1.165) is 25.3 Å². The zero-order chi connectivity index (χ0) is 12.7. The van der Waals surface area contributed by atoms with Crippen LogP contribution in [0.15, 0.2) is 18.2 Å². The van der Waals surface area contributed by atoms with Crippen molar-refractivity contribution in [2.75, 3.05) is 30.8 Å². The van der Waals surface area contributed by atoms with Crippen LogP contribution in [0, 0.1) is 5.92 Å². The molecule has 17 heavy (non-hydrogen) atoms. The highest BCUT2D eigenvalue weighted by atomic mass is 35.5. The predicted octanol–water partition coefficient (Wildman–Crippen LogP) is 3.40. The lowest BCUT2D eigenvalue weighted by atomic mass is 10.1. The first kappa shape index (κ1) is 14.1. The van der Waals surface area contributed by atoms with Crippen molar-refractivity contribution in [1.29, 1.82) is 0 Å². The van der Waals surface area contributed by atoms with E-state index in [4.69, 9.17) is 22.1 Å². The van der Waals surface area contributed by atoms with Crippen molar-refractivity contribution < 1.29 is 4.74 Å². The van der Waals surface area contributed by atoms with Crippen molar-refractivity contribution in [3.05, 3.63) is 23.2 Å². The van der Waals surface area contributed by atoms with Crippen molar-refractivity contribution in [3.63, 3.8) is 0 Å². The summed E-state index contributed by atoms with van der Waals surface area (Å²) in [7, 11) is 0. The molecule has 0 amide bonds. The van der Waals surface area contributed by atoms with E-state index in [1.165, 1.54) is 0 Å². The quantitative estimate of drug-likeness (QED) is 0.581. The average molecular weight is 257 g/mol. The van der Waals surface area contributed by atoms with Crippen LogP contribution in [0.1, 0.15) is 20.3 Å². The van der Waals surface area contributed by atoms with E-state index in [2.05, 4.69) is 19.2 Å². The molecule has 0 bridgehead atoms. The maximum Gasteiger partial charge on any atom is 0.0639 e. The van der Waals surface area contributed by atoms with Crippen LogP contribution in [0.25, 0.3) is 0 Å². The van der Waals surface area contributed by atoms with Gasteiger partial charge >= 0.3 is 0 Å². The molecule has 0 aliphatic carbocycles. The van der Waals surface area contributed by atoms with E-state index in [-0.39, 0.29) is 0 Å². The van der Waals surface area contributed by atoms with Crippen LogP contribution in [0.5, 0.6) is 0 Å². The molecule has 1 aromatic carbocycles. The van der Waals surface area contributed by atoms with E-state index in [0.29, 0.717) is 23.2 Å². The van der Waals surface area contributed by atoms with Crippen LogP contribution in [-0.4, -0.2) is 19.8 Å². The van der Waals surface area contributed by atoms with Gasteiger partial charge in [0.1, 0.15) is 0 Å². The van der Waals surface area contributed by atoms with Crippen LogP contribution in [0.4, 0.5) is 11.4 Å². The lowest BCUT2D eigenvalue weighted by Gasteiger charge is -2.10. The summed E-state index contributed by atoms with van der Waals surface area (Å²) in [6.07, 6.45) is 1.10. The number of hydrogen-bond donors (Lipinski definition) is 2. The van der Waals surface area contributed by atoms with Gasteiger partial charge in [-0.25, -0.2) is 0 Å². The average Bonchev–Trinajstić information content (AvgIpc) is 2.27. The topological polar surface area (TPSA) is 47.3 Å². The van der Waals surface area contributed by atoms with Gasteiger partial charge in [0, 0.05) is 18.2 Å². The summed E-state index contributed by atoms with van der Waals surface area (Å²) in [6.45, 7) is 6.61. The largest absolute Gasteiger partial charge is 0.397 e. The molecule has 4 heteroatoms. The molecule has 1 aromatic rings. The zero-order valence-corrected chi connectivity index (χ0v) is 11.3. The van der Waals surface area contributed by atoms with Gasteiger partial charge in [0.15, 0.2) is 0 Å². The second kappa shape index (κ2) is 7.41. The van der Waals surface area contributed by atoms with Gasteiger partial charge in [0.25, 0.3) is 0 Å². The fourth-order valence-corrected chi connectivity index (χ4v) is 1.53. The fraction of sp³-hybridized carbons (Fsp3) is 0.538. The van der Waals surface area contributed by atoms with Gasteiger partial charge in [-0.15, -0.1) is 0 Å². The molecule has 96 valence electrons. The third kappa shape index (κ3) is 5.80. The molecule has 0 unspecified atom stereocenters.